The van der Waals surface area contributed by atoms with Crippen molar-refractivity contribution >= 4 is 5.96 Å². The zero-order valence-corrected chi connectivity index (χ0v) is 8.79. The Hall–Kier alpha value is -1.18. The summed E-state index contributed by atoms with van der Waals surface area (Å²) in [5.41, 5.74) is 0. The smallest absolute Gasteiger partial charge is 0.357 e. The molecule has 2 heterocycles. The van der Waals surface area contributed by atoms with Crippen molar-refractivity contribution in [1.29, 1.82) is 0 Å². The van der Waals surface area contributed by atoms with E-state index >= 15 is 0 Å². The lowest BCUT2D eigenvalue weighted by atomic mass is 10.4. The van der Waals surface area contributed by atoms with E-state index < -0.39 is 12.4 Å². The topological polar surface area (TPSA) is 40.1 Å². The molecule has 1 unspecified atom stereocenters. The number of hydrogen-bond acceptors (Lipinski definition) is 5. The van der Waals surface area contributed by atoms with E-state index in [1.807, 2.05) is 0 Å². The van der Waals surface area contributed by atoms with Crippen LogP contribution in [0.2, 0.25) is 0 Å². The Morgan fingerprint density at radius 2 is 2.00 bits per heavy atom. The van der Waals surface area contributed by atoms with Crippen molar-refractivity contribution in [3.8, 4) is 0 Å². The van der Waals surface area contributed by atoms with Gasteiger partial charge >= 0.3 is 6.18 Å². The molecule has 0 saturated carbocycles. The van der Waals surface area contributed by atoms with Crippen molar-refractivity contribution in [2.24, 2.45) is 5.16 Å². The van der Waals surface area contributed by atoms with E-state index in [9.17, 15) is 13.2 Å². The maximum atomic E-state index is 12.5. The predicted octanol–water partition coefficient (Wildman–Crippen LogP) is 0.0130. The lowest BCUT2D eigenvalue weighted by molar-refractivity contribution is -0.241. The third-order valence-electron chi connectivity index (χ3n) is 2.58. The van der Waals surface area contributed by atoms with Crippen molar-refractivity contribution in [3.05, 3.63) is 0 Å². The molecule has 1 N–H and O–H groups in total. The summed E-state index contributed by atoms with van der Waals surface area (Å²) in [5, 5.41) is 6.63. The van der Waals surface area contributed by atoms with Crippen LogP contribution in [-0.2, 0) is 4.84 Å². The molecule has 0 aromatic rings. The summed E-state index contributed by atoms with van der Waals surface area (Å²) < 4.78 is 37.4. The predicted molar refractivity (Wildman–Crippen MR) is 50.6 cm³/mol. The minimum atomic E-state index is -4.42. The molecule has 2 aliphatic heterocycles. The molecule has 16 heavy (non-hydrogen) atoms. The minimum absolute atomic E-state index is 0.254. The SMILES string of the molecule is CN1C(N2CCNCC2)=NOC1C(F)(F)F. The van der Waals surface area contributed by atoms with Crippen molar-refractivity contribution in [1.82, 2.24) is 15.1 Å². The van der Waals surface area contributed by atoms with Crippen LogP contribution >= 0.6 is 0 Å². The first-order valence-electron chi connectivity index (χ1n) is 4.99. The van der Waals surface area contributed by atoms with Gasteiger partial charge < -0.3 is 15.1 Å². The van der Waals surface area contributed by atoms with E-state index in [2.05, 4.69) is 15.3 Å². The van der Waals surface area contributed by atoms with Gasteiger partial charge in [-0.2, -0.15) is 13.2 Å². The van der Waals surface area contributed by atoms with Gasteiger partial charge in [0.15, 0.2) is 0 Å². The van der Waals surface area contributed by atoms with Gasteiger partial charge in [-0.25, -0.2) is 0 Å². The van der Waals surface area contributed by atoms with Gasteiger partial charge in [-0.05, 0) is 5.16 Å². The normalized spacial score (nSPS) is 26.8. The maximum absolute atomic E-state index is 12.5. The van der Waals surface area contributed by atoms with Crippen molar-refractivity contribution in [2.45, 2.75) is 12.4 Å². The van der Waals surface area contributed by atoms with Gasteiger partial charge in [0.25, 0.3) is 6.23 Å². The molecule has 0 aliphatic carbocycles. The summed E-state index contributed by atoms with van der Waals surface area (Å²) in [6, 6.07) is 0. The van der Waals surface area contributed by atoms with Crippen LogP contribution in [0.3, 0.4) is 0 Å². The van der Waals surface area contributed by atoms with Gasteiger partial charge in [-0.1, -0.05) is 0 Å². The molecule has 1 saturated heterocycles. The first-order valence-corrected chi connectivity index (χ1v) is 4.99. The van der Waals surface area contributed by atoms with Crippen molar-refractivity contribution < 1.29 is 18.0 Å². The molecule has 92 valence electrons. The minimum Gasteiger partial charge on any atom is -0.357 e. The van der Waals surface area contributed by atoms with Crippen LogP contribution < -0.4 is 5.32 Å². The summed E-state index contributed by atoms with van der Waals surface area (Å²) >= 11 is 0. The molecule has 2 rings (SSSR count). The number of alkyl halides is 3. The van der Waals surface area contributed by atoms with Crippen LogP contribution in [0.5, 0.6) is 0 Å². The summed E-state index contributed by atoms with van der Waals surface area (Å²) in [4.78, 5) is 7.22. The van der Waals surface area contributed by atoms with Gasteiger partial charge in [0, 0.05) is 33.2 Å². The van der Waals surface area contributed by atoms with Gasteiger partial charge in [-0.3, -0.25) is 4.90 Å². The third-order valence-corrected chi connectivity index (χ3v) is 2.58. The number of oxime groups is 1. The molecule has 8 heteroatoms. The zero-order chi connectivity index (χ0) is 11.8. The highest BCUT2D eigenvalue weighted by Crippen LogP contribution is 2.29. The van der Waals surface area contributed by atoms with Crippen LogP contribution in [-0.4, -0.2) is 61.4 Å². The summed E-state index contributed by atoms with van der Waals surface area (Å²) in [5.74, 6) is 0.254. The Balaban J connectivity index is 2.02. The summed E-state index contributed by atoms with van der Waals surface area (Å²) in [7, 11) is 1.34. The zero-order valence-electron chi connectivity index (χ0n) is 8.79. The number of guanidine groups is 1. The maximum Gasteiger partial charge on any atom is 0.448 e. The second-order valence-corrected chi connectivity index (χ2v) is 3.74. The quantitative estimate of drug-likeness (QED) is 0.645. The second kappa shape index (κ2) is 4.00. The summed E-state index contributed by atoms with van der Waals surface area (Å²) in [6.07, 6.45) is -6.38. The number of rotatable bonds is 0. The van der Waals surface area contributed by atoms with Crippen molar-refractivity contribution in [3.63, 3.8) is 0 Å². The molecule has 0 amide bonds. The number of nitrogens with one attached hydrogen (secondary N) is 1. The van der Waals surface area contributed by atoms with E-state index in [0.717, 1.165) is 18.0 Å². The van der Waals surface area contributed by atoms with Gasteiger partial charge in [0.2, 0.25) is 5.96 Å². The molecular weight excluding hydrogens is 225 g/mol. The van der Waals surface area contributed by atoms with Crippen molar-refractivity contribution in [2.75, 3.05) is 33.2 Å². The van der Waals surface area contributed by atoms with E-state index in [-0.39, 0.29) is 5.96 Å². The highest BCUT2D eigenvalue weighted by Gasteiger charge is 2.50. The number of piperazine rings is 1. The van der Waals surface area contributed by atoms with E-state index in [4.69, 9.17) is 0 Å². The highest BCUT2D eigenvalue weighted by atomic mass is 19.4. The van der Waals surface area contributed by atoms with Crippen LogP contribution in [0.15, 0.2) is 5.16 Å². The number of halogens is 3. The first-order chi connectivity index (χ1) is 7.50. The van der Waals surface area contributed by atoms with Gasteiger partial charge in [0.1, 0.15) is 0 Å². The lowest BCUT2D eigenvalue weighted by Crippen LogP contribution is -2.53. The fourth-order valence-corrected chi connectivity index (χ4v) is 1.76. The molecule has 1 atom stereocenters. The highest BCUT2D eigenvalue weighted by molar-refractivity contribution is 5.80. The number of nitrogens with zero attached hydrogens (tertiary/aromatic N) is 3. The average molecular weight is 238 g/mol. The molecule has 0 bridgehead atoms. The lowest BCUT2D eigenvalue weighted by Gasteiger charge is -2.32. The Morgan fingerprint density at radius 1 is 1.38 bits per heavy atom. The fraction of sp³-hybridized carbons (Fsp3) is 0.875. The second-order valence-electron chi connectivity index (χ2n) is 3.74. The Bertz CT molecular complexity index is 287. The molecule has 2 aliphatic rings. The van der Waals surface area contributed by atoms with E-state index in [0.29, 0.717) is 13.1 Å². The van der Waals surface area contributed by atoms with E-state index in [1.54, 1.807) is 4.90 Å². The molecule has 0 radical (unpaired) electrons. The molecule has 0 spiro atoms. The molecule has 5 nitrogen and oxygen atoms in total. The molecular formula is C8H13F3N4O. The average Bonchev–Trinajstić information content (AvgIpc) is 2.61. The van der Waals surface area contributed by atoms with Crippen LogP contribution in [0.4, 0.5) is 13.2 Å². The third kappa shape index (κ3) is 2.01. The fourth-order valence-electron chi connectivity index (χ4n) is 1.76. The standard InChI is InChI=1S/C8H13F3N4O/c1-14-6(8(9,10)11)16-13-7(14)15-4-2-12-3-5-15/h6,12H,2-5H2,1H3. The van der Waals surface area contributed by atoms with Crippen LogP contribution in [0.25, 0.3) is 0 Å². The monoisotopic (exact) mass is 238 g/mol. The van der Waals surface area contributed by atoms with Gasteiger partial charge in [0.05, 0.1) is 0 Å². The van der Waals surface area contributed by atoms with Gasteiger partial charge in [-0.15, -0.1) is 0 Å². The Kier molecular flexibility index (Phi) is 2.83. The van der Waals surface area contributed by atoms with E-state index in [1.165, 1.54) is 7.05 Å². The first kappa shape index (κ1) is 11.3. The Morgan fingerprint density at radius 3 is 2.50 bits per heavy atom. The van der Waals surface area contributed by atoms with Crippen LogP contribution in [0, 0.1) is 0 Å². The molecule has 1 fully saturated rings. The largest absolute Gasteiger partial charge is 0.448 e. The molecule has 0 aromatic heterocycles. The molecule has 0 aromatic carbocycles. The summed E-state index contributed by atoms with van der Waals surface area (Å²) in [6.45, 7) is 2.75. The Labute approximate surface area is 90.8 Å². The van der Waals surface area contributed by atoms with Crippen LogP contribution in [0.1, 0.15) is 0 Å². The number of hydrogen-bond donors (Lipinski definition) is 1.